The van der Waals surface area contributed by atoms with Crippen LogP contribution in [-0.4, -0.2) is 0 Å². The SMILES string of the molecule is CCCCC[C@H](N)c1sccc1Cl.Cl. The molecule has 0 aliphatic carbocycles. The molecule has 4 heteroatoms. The van der Waals surface area contributed by atoms with Crippen molar-refractivity contribution in [1.82, 2.24) is 0 Å². The second-order valence-electron chi connectivity index (χ2n) is 3.24. The summed E-state index contributed by atoms with van der Waals surface area (Å²) in [6.45, 7) is 2.20. The van der Waals surface area contributed by atoms with Crippen molar-refractivity contribution in [1.29, 1.82) is 0 Å². The highest BCUT2D eigenvalue weighted by Crippen LogP contribution is 2.29. The van der Waals surface area contributed by atoms with Crippen molar-refractivity contribution in [2.45, 2.75) is 38.6 Å². The predicted molar refractivity (Wildman–Crippen MR) is 67.6 cm³/mol. The van der Waals surface area contributed by atoms with E-state index in [1.807, 2.05) is 11.4 Å². The van der Waals surface area contributed by atoms with Crippen molar-refractivity contribution < 1.29 is 0 Å². The zero-order valence-corrected chi connectivity index (χ0v) is 10.7. The van der Waals surface area contributed by atoms with Gasteiger partial charge in [0.25, 0.3) is 0 Å². The maximum absolute atomic E-state index is 6.01. The maximum Gasteiger partial charge on any atom is 0.0561 e. The molecule has 0 bridgehead atoms. The van der Waals surface area contributed by atoms with E-state index in [0.29, 0.717) is 0 Å². The van der Waals surface area contributed by atoms with Crippen LogP contribution in [0.2, 0.25) is 5.02 Å². The van der Waals surface area contributed by atoms with Crippen LogP contribution in [0.15, 0.2) is 11.4 Å². The number of halogens is 2. The average Bonchev–Trinajstić information content (AvgIpc) is 2.52. The lowest BCUT2D eigenvalue weighted by Gasteiger charge is -2.09. The van der Waals surface area contributed by atoms with Crippen LogP contribution in [0.5, 0.6) is 0 Å². The summed E-state index contributed by atoms with van der Waals surface area (Å²) in [4.78, 5) is 1.14. The Labute approximate surface area is 101 Å². The van der Waals surface area contributed by atoms with E-state index in [0.717, 1.165) is 16.3 Å². The van der Waals surface area contributed by atoms with E-state index in [2.05, 4.69) is 6.92 Å². The van der Waals surface area contributed by atoms with Gasteiger partial charge in [0.2, 0.25) is 0 Å². The minimum atomic E-state index is 0. The summed E-state index contributed by atoms with van der Waals surface area (Å²) in [5.41, 5.74) is 6.01. The molecule has 0 saturated heterocycles. The van der Waals surface area contributed by atoms with Crippen LogP contribution in [0.25, 0.3) is 0 Å². The molecule has 1 atom stereocenters. The summed E-state index contributed by atoms with van der Waals surface area (Å²) in [7, 11) is 0. The smallest absolute Gasteiger partial charge is 0.0561 e. The standard InChI is InChI=1S/C10H16ClNS.ClH/c1-2-3-4-5-9(12)10-8(11)6-7-13-10;/h6-7,9H,2-5,12H2,1H3;1H/t9-;/m0./s1. The Balaban J connectivity index is 0.00000169. The summed E-state index contributed by atoms with van der Waals surface area (Å²) in [5, 5.41) is 2.83. The molecule has 0 aliphatic rings. The van der Waals surface area contributed by atoms with Gasteiger partial charge in [-0.25, -0.2) is 0 Å². The molecule has 1 aromatic rings. The summed E-state index contributed by atoms with van der Waals surface area (Å²) in [5.74, 6) is 0. The molecule has 0 aromatic carbocycles. The molecule has 1 nitrogen and oxygen atoms in total. The summed E-state index contributed by atoms with van der Waals surface area (Å²) >= 11 is 7.64. The van der Waals surface area contributed by atoms with Crippen LogP contribution in [0.1, 0.15) is 43.5 Å². The zero-order chi connectivity index (χ0) is 9.68. The highest BCUT2D eigenvalue weighted by Gasteiger charge is 2.10. The molecular weight excluding hydrogens is 237 g/mol. The van der Waals surface area contributed by atoms with Gasteiger partial charge in [-0.15, -0.1) is 23.7 Å². The number of hydrogen-bond donors (Lipinski definition) is 1. The van der Waals surface area contributed by atoms with Crippen molar-refractivity contribution >= 4 is 35.3 Å². The number of unbranched alkanes of at least 4 members (excludes halogenated alkanes) is 2. The quantitative estimate of drug-likeness (QED) is 0.774. The fourth-order valence-electron chi connectivity index (χ4n) is 1.32. The molecule has 82 valence electrons. The van der Waals surface area contributed by atoms with Crippen LogP contribution in [0.3, 0.4) is 0 Å². The second-order valence-corrected chi connectivity index (χ2v) is 4.59. The van der Waals surface area contributed by atoms with Crippen LogP contribution < -0.4 is 5.73 Å². The molecule has 14 heavy (non-hydrogen) atoms. The predicted octanol–water partition coefficient (Wildman–Crippen LogP) is 4.40. The van der Waals surface area contributed by atoms with E-state index in [-0.39, 0.29) is 18.4 Å². The first-order valence-electron chi connectivity index (χ1n) is 4.74. The number of hydrogen-bond acceptors (Lipinski definition) is 2. The van der Waals surface area contributed by atoms with Gasteiger partial charge in [-0.05, 0) is 17.9 Å². The second kappa shape index (κ2) is 7.52. The molecule has 0 saturated carbocycles. The van der Waals surface area contributed by atoms with E-state index in [4.69, 9.17) is 17.3 Å². The third-order valence-electron chi connectivity index (χ3n) is 2.10. The molecule has 2 N–H and O–H groups in total. The van der Waals surface area contributed by atoms with E-state index >= 15 is 0 Å². The third-order valence-corrected chi connectivity index (χ3v) is 3.59. The van der Waals surface area contributed by atoms with Gasteiger partial charge in [-0.3, -0.25) is 0 Å². The van der Waals surface area contributed by atoms with E-state index < -0.39 is 0 Å². The molecule has 0 spiro atoms. The molecule has 1 heterocycles. The Morgan fingerprint density at radius 3 is 2.71 bits per heavy atom. The first-order valence-corrected chi connectivity index (χ1v) is 6.00. The normalized spacial score (nSPS) is 12.2. The van der Waals surface area contributed by atoms with E-state index in [9.17, 15) is 0 Å². The minimum Gasteiger partial charge on any atom is -0.323 e. The molecule has 0 radical (unpaired) electrons. The fourth-order valence-corrected chi connectivity index (χ4v) is 2.55. The lowest BCUT2D eigenvalue weighted by atomic mass is 10.1. The molecule has 1 rings (SSSR count). The number of nitrogens with two attached hydrogens (primary N) is 1. The fraction of sp³-hybridized carbons (Fsp3) is 0.600. The van der Waals surface area contributed by atoms with Crippen molar-refractivity contribution in [3.05, 3.63) is 21.3 Å². The van der Waals surface area contributed by atoms with Crippen LogP contribution >= 0.6 is 35.3 Å². The van der Waals surface area contributed by atoms with Gasteiger partial charge in [-0.1, -0.05) is 37.8 Å². The number of rotatable bonds is 5. The lowest BCUT2D eigenvalue weighted by molar-refractivity contribution is 0.587. The van der Waals surface area contributed by atoms with Gasteiger partial charge in [0.1, 0.15) is 0 Å². The van der Waals surface area contributed by atoms with E-state index in [1.165, 1.54) is 19.3 Å². The lowest BCUT2D eigenvalue weighted by Crippen LogP contribution is -2.08. The Morgan fingerprint density at radius 2 is 2.21 bits per heavy atom. The highest BCUT2D eigenvalue weighted by molar-refractivity contribution is 7.10. The van der Waals surface area contributed by atoms with Crippen molar-refractivity contribution in [2.24, 2.45) is 5.73 Å². The highest BCUT2D eigenvalue weighted by atomic mass is 35.5. The summed E-state index contributed by atoms with van der Waals surface area (Å²) in [6, 6.07) is 2.06. The van der Waals surface area contributed by atoms with Gasteiger partial charge < -0.3 is 5.73 Å². The van der Waals surface area contributed by atoms with Crippen molar-refractivity contribution in [2.75, 3.05) is 0 Å². The number of thiophene rings is 1. The molecule has 0 amide bonds. The summed E-state index contributed by atoms with van der Waals surface area (Å²) < 4.78 is 0. The van der Waals surface area contributed by atoms with Crippen LogP contribution in [0, 0.1) is 0 Å². The Bertz CT molecular complexity index is 250. The zero-order valence-electron chi connectivity index (χ0n) is 8.33. The Hall–Kier alpha value is 0.240. The Kier molecular flexibility index (Phi) is 7.65. The third kappa shape index (κ3) is 4.18. The molecule has 0 unspecified atom stereocenters. The molecule has 1 aromatic heterocycles. The van der Waals surface area contributed by atoms with Crippen LogP contribution in [-0.2, 0) is 0 Å². The molecule has 0 fully saturated rings. The Morgan fingerprint density at radius 1 is 1.50 bits per heavy atom. The maximum atomic E-state index is 6.01. The molecule has 0 aliphatic heterocycles. The van der Waals surface area contributed by atoms with Gasteiger partial charge >= 0.3 is 0 Å². The van der Waals surface area contributed by atoms with Crippen molar-refractivity contribution in [3.8, 4) is 0 Å². The monoisotopic (exact) mass is 253 g/mol. The van der Waals surface area contributed by atoms with Gasteiger partial charge in [0.15, 0.2) is 0 Å². The molecular formula is C10H17Cl2NS. The average molecular weight is 254 g/mol. The van der Waals surface area contributed by atoms with Crippen LogP contribution in [0.4, 0.5) is 0 Å². The summed E-state index contributed by atoms with van der Waals surface area (Å²) in [6.07, 6.45) is 4.75. The van der Waals surface area contributed by atoms with Gasteiger partial charge in [0, 0.05) is 10.9 Å². The van der Waals surface area contributed by atoms with E-state index in [1.54, 1.807) is 11.3 Å². The van der Waals surface area contributed by atoms with Crippen molar-refractivity contribution in [3.63, 3.8) is 0 Å². The topological polar surface area (TPSA) is 26.0 Å². The van der Waals surface area contributed by atoms with Gasteiger partial charge in [0.05, 0.1) is 5.02 Å². The first kappa shape index (κ1) is 14.2. The largest absolute Gasteiger partial charge is 0.323 e. The van der Waals surface area contributed by atoms with Gasteiger partial charge in [-0.2, -0.15) is 0 Å². The first-order chi connectivity index (χ1) is 6.25. The minimum absolute atomic E-state index is 0.